The first-order chi connectivity index (χ1) is 11.6. The van der Waals surface area contributed by atoms with Gasteiger partial charge in [0.2, 0.25) is 11.8 Å². The van der Waals surface area contributed by atoms with Crippen molar-refractivity contribution < 1.29 is 19.1 Å². The minimum Gasteiger partial charge on any atom is -0.492 e. The standard InChI is InChI=1S/C17H20N2O4S/c1-2-3-4-15(20)18-9-10-23-13-7-5-12(6-8-13)11-14-16(21)19-17(22)24-14/h3-8,14H,2,9-11H2,1H3,(H,18,20)(H,19,21,22)/b4-3+. The lowest BCUT2D eigenvalue weighted by atomic mass is 10.1. The van der Waals surface area contributed by atoms with Crippen LogP contribution in [0.3, 0.4) is 0 Å². The highest BCUT2D eigenvalue weighted by Gasteiger charge is 2.31. The fourth-order valence-electron chi connectivity index (χ4n) is 2.09. The third kappa shape index (κ3) is 5.73. The van der Waals surface area contributed by atoms with E-state index in [1.165, 1.54) is 6.08 Å². The molecular formula is C17H20N2O4S. The zero-order valence-electron chi connectivity index (χ0n) is 13.4. The molecule has 1 aromatic carbocycles. The second kappa shape index (κ2) is 9.12. The van der Waals surface area contributed by atoms with E-state index in [1.807, 2.05) is 31.2 Å². The van der Waals surface area contributed by atoms with Gasteiger partial charge in [-0.1, -0.05) is 36.9 Å². The Morgan fingerprint density at radius 1 is 1.33 bits per heavy atom. The van der Waals surface area contributed by atoms with Crippen molar-refractivity contribution in [3.05, 3.63) is 42.0 Å². The quantitative estimate of drug-likeness (QED) is 0.555. The molecule has 1 unspecified atom stereocenters. The van der Waals surface area contributed by atoms with Crippen molar-refractivity contribution in [2.24, 2.45) is 0 Å². The zero-order valence-corrected chi connectivity index (χ0v) is 14.2. The lowest BCUT2D eigenvalue weighted by Gasteiger charge is -2.09. The van der Waals surface area contributed by atoms with E-state index in [0.29, 0.717) is 25.3 Å². The molecule has 128 valence electrons. The van der Waals surface area contributed by atoms with Crippen molar-refractivity contribution in [2.45, 2.75) is 25.0 Å². The number of allylic oxidation sites excluding steroid dienone is 1. The van der Waals surface area contributed by atoms with Crippen LogP contribution in [0.4, 0.5) is 4.79 Å². The topological polar surface area (TPSA) is 84.5 Å². The number of benzene rings is 1. The Hall–Kier alpha value is -2.28. The summed E-state index contributed by atoms with van der Waals surface area (Å²) >= 11 is 1.02. The van der Waals surface area contributed by atoms with Crippen LogP contribution in [0.25, 0.3) is 0 Å². The van der Waals surface area contributed by atoms with Crippen LogP contribution < -0.4 is 15.4 Å². The molecule has 0 radical (unpaired) electrons. The van der Waals surface area contributed by atoms with Crippen LogP contribution in [0, 0.1) is 0 Å². The van der Waals surface area contributed by atoms with E-state index in [1.54, 1.807) is 6.08 Å². The molecule has 1 atom stereocenters. The van der Waals surface area contributed by atoms with Crippen molar-refractivity contribution in [1.29, 1.82) is 0 Å². The summed E-state index contributed by atoms with van der Waals surface area (Å²) in [5, 5.41) is 4.35. The van der Waals surface area contributed by atoms with Gasteiger partial charge in [-0.3, -0.25) is 19.7 Å². The number of amides is 3. The number of carbonyl (C=O) groups is 3. The van der Waals surface area contributed by atoms with Gasteiger partial charge in [0.25, 0.3) is 5.24 Å². The van der Waals surface area contributed by atoms with Crippen LogP contribution in [0.2, 0.25) is 0 Å². The average Bonchev–Trinajstić information content (AvgIpc) is 2.88. The third-order valence-corrected chi connectivity index (χ3v) is 4.27. The van der Waals surface area contributed by atoms with Gasteiger partial charge in [0.1, 0.15) is 12.4 Å². The van der Waals surface area contributed by atoms with Crippen molar-refractivity contribution in [3.8, 4) is 5.75 Å². The molecule has 24 heavy (non-hydrogen) atoms. The van der Waals surface area contributed by atoms with Crippen LogP contribution in [0.5, 0.6) is 5.75 Å². The van der Waals surface area contributed by atoms with E-state index >= 15 is 0 Å². The Labute approximate surface area is 145 Å². The highest BCUT2D eigenvalue weighted by atomic mass is 32.2. The summed E-state index contributed by atoms with van der Waals surface area (Å²) in [6, 6.07) is 7.37. The van der Waals surface area contributed by atoms with Crippen molar-refractivity contribution in [2.75, 3.05) is 13.2 Å². The Morgan fingerprint density at radius 3 is 2.71 bits per heavy atom. The van der Waals surface area contributed by atoms with Crippen molar-refractivity contribution in [1.82, 2.24) is 10.6 Å². The highest BCUT2D eigenvalue weighted by molar-refractivity contribution is 8.15. The second-order valence-corrected chi connectivity index (χ2v) is 6.36. The molecule has 1 saturated heterocycles. The Kier molecular flexibility index (Phi) is 6.87. The van der Waals surface area contributed by atoms with Crippen molar-refractivity contribution in [3.63, 3.8) is 0 Å². The van der Waals surface area contributed by atoms with E-state index in [-0.39, 0.29) is 22.3 Å². The fraction of sp³-hybridized carbons (Fsp3) is 0.353. The number of rotatable bonds is 8. The molecule has 2 N–H and O–H groups in total. The predicted octanol–water partition coefficient (Wildman–Crippen LogP) is 2.04. The van der Waals surface area contributed by atoms with E-state index in [4.69, 9.17) is 4.74 Å². The predicted molar refractivity (Wildman–Crippen MR) is 93.0 cm³/mol. The van der Waals surface area contributed by atoms with Crippen LogP contribution in [0.1, 0.15) is 18.9 Å². The first-order valence-corrected chi connectivity index (χ1v) is 8.64. The molecule has 1 aromatic rings. The maximum atomic E-state index is 11.5. The molecule has 0 aliphatic carbocycles. The summed E-state index contributed by atoms with van der Waals surface area (Å²) in [5.74, 6) is 0.326. The second-order valence-electron chi connectivity index (χ2n) is 5.18. The van der Waals surface area contributed by atoms with Gasteiger partial charge >= 0.3 is 0 Å². The van der Waals surface area contributed by atoms with Crippen LogP contribution in [-0.4, -0.2) is 35.5 Å². The summed E-state index contributed by atoms with van der Waals surface area (Å²) in [6.45, 7) is 2.77. The summed E-state index contributed by atoms with van der Waals surface area (Å²) < 4.78 is 5.55. The SMILES string of the molecule is CC/C=C/C(=O)NCCOc1ccc(CC2SC(=O)NC2=O)cc1. The molecule has 1 fully saturated rings. The smallest absolute Gasteiger partial charge is 0.286 e. The molecule has 6 nitrogen and oxygen atoms in total. The molecule has 0 spiro atoms. The van der Waals surface area contributed by atoms with Crippen LogP contribution in [0.15, 0.2) is 36.4 Å². The van der Waals surface area contributed by atoms with E-state index in [0.717, 1.165) is 23.7 Å². The lowest BCUT2D eigenvalue weighted by molar-refractivity contribution is -0.119. The van der Waals surface area contributed by atoms with E-state index in [2.05, 4.69) is 10.6 Å². The fourth-order valence-corrected chi connectivity index (χ4v) is 2.95. The van der Waals surface area contributed by atoms with Gasteiger partial charge in [0.05, 0.1) is 11.8 Å². The molecule has 0 bridgehead atoms. The first-order valence-electron chi connectivity index (χ1n) is 7.76. The molecular weight excluding hydrogens is 328 g/mol. The van der Waals surface area contributed by atoms with Gasteiger partial charge in [0.15, 0.2) is 0 Å². The number of hydrogen-bond acceptors (Lipinski definition) is 5. The monoisotopic (exact) mass is 348 g/mol. The third-order valence-electron chi connectivity index (χ3n) is 3.29. The van der Waals surface area contributed by atoms with Crippen molar-refractivity contribution >= 4 is 28.8 Å². The highest BCUT2D eigenvalue weighted by Crippen LogP contribution is 2.23. The lowest BCUT2D eigenvalue weighted by Crippen LogP contribution is -2.26. The number of imide groups is 1. The molecule has 1 aliphatic rings. The summed E-state index contributed by atoms with van der Waals surface area (Å²) in [6.07, 6.45) is 4.63. The van der Waals surface area contributed by atoms with Gasteiger partial charge in [-0.2, -0.15) is 0 Å². The molecule has 0 saturated carbocycles. The number of carbonyl (C=O) groups excluding carboxylic acids is 3. The number of nitrogens with one attached hydrogen (secondary N) is 2. The number of ether oxygens (including phenoxy) is 1. The normalized spacial score (nSPS) is 17.1. The summed E-state index contributed by atoms with van der Waals surface area (Å²) in [7, 11) is 0. The number of thioether (sulfide) groups is 1. The molecule has 2 rings (SSSR count). The van der Waals surface area contributed by atoms with Gasteiger partial charge in [0, 0.05) is 0 Å². The largest absolute Gasteiger partial charge is 0.492 e. The van der Waals surface area contributed by atoms with Gasteiger partial charge < -0.3 is 10.1 Å². The first kappa shape index (κ1) is 18.1. The van der Waals surface area contributed by atoms with E-state index in [9.17, 15) is 14.4 Å². The van der Waals surface area contributed by atoms with Crippen LogP contribution >= 0.6 is 11.8 Å². The summed E-state index contributed by atoms with van der Waals surface area (Å²) in [5.41, 5.74) is 0.961. The number of hydrogen-bond donors (Lipinski definition) is 2. The molecule has 0 aromatic heterocycles. The zero-order chi connectivity index (χ0) is 17.4. The van der Waals surface area contributed by atoms with Gasteiger partial charge in [-0.25, -0.2) is 0 Å². The Bertz CT molecular complexity index is 628. The van der Waals surface area contributed by atoms with E-state index < -0.39 is 0 Å². The summed E-state index contributed by atoms with van der Waals surface area (Å²) in [4.78, 5) is 34.0. The Balaban J connectivity index is 1.72. The maximum Gasteiger partial charge on any atom is 0.286 e. The van der Waals surface area contributed by atoms with Gasteiger partial charge in [-0.05, 0) is 36.6 Å². The Morgan fingerprint density at radius 2 is 2.08 bits per heavy atom. The molecule has 1 heterocycles. The minimum absolute atomic E-state index is 0.127. The van der Waals surface area contributed by atoms with Gasteiger partial charge in [-0.15, -0.1) is 0 Å². The minimum atomic E-state index is -0.365. The van der Waals surface area contributed by atoms with Crippen LogP contribution in [-0.2, 0) is 16.0 Å². The molecule has 7 heteroatoms. The average molecular weight is 348 g/mol. The molecule has 1 aliphatic heterocycles. The maximum absolute atomic E-state index is 11.5. The molecule has 3 amide bonds.